The van der Waals surface area contributed by atoms with Gasteiger partial charge in [-0.2, -0.15) is 4.31 Å². The van der Waals surface area contributed by atoms with E-state index in [-0.39, 0.29) is 4.90 Å². The number of nitrogen functional groups attached to an aromatic ring is 1. The number of hydrazine groups is 1. The first-order valence-corrected chi connectivity index (χ1v) is 7.98. The molecule has 6 nitrogen and oxygen atoms in total. The van der Waals surface area contributed by atoms with Crippen molar-refractivity contribution in [1.82, 2.24) is 9.29 Å². The molecule has 0 aliphatic heterocycles. The second-order valence-corrected chi connectivity index (χ2v) is 6.34. The van der Waals surface area contributed by atoms with Crippen molar-refractivity contribution in [2.75, 3.05) is 12.0 Å². The Hall–Kier alpha value is -1.96. The van der Waals surface area contributed by atoms with Gasteiger partial charge in [0.2, 0.25) is 10.0 Å². The van der Waals surface area contributed by atoms with Crippen molar-refractivity contribution >= 4 is 15.7 Å². The van der Waals surface area contributed by atoms with Crippen molar-refractivity contribution in [3.63, 3.8) is 0 Å². The molecule has 0 radical (unpaired) electrons. The Kier molecular flexibility index (Phi) is 4.89. The molecular weight excluding hydrogens is 288 g/mol. The molecule has 0 unspecified atom stereocenters. The zero-order valence-electron chi connectivity index (χ0n) is 11.7. The molecule has 0 fully saturated rings. The molecule has 1 aromatic carbocycles. The van der Waals surface area contributed by atoms with Crippen molar-refractivity contribution in [3.05, 3.63) is 54.4 Å². The van der Waals surface area contributed by atoms with E-state index >= 15 is 0 Å². The quantitative estimate of drug-likeness (QED) is 0.625. The van der Waals surface area contributed by atoms with E-state index in [2.05, 4.69) is 10.4 Å². The lowest BCUT2D eigenvalue weighted by Gasteiger charge is -2.21. The number of nitrogens with zero attached hydrogens (tertiary/aromatic N) is 2. The van der Waals surface area contributed by atoms with Gasteiger partial charge in [-0.05, 0) is 11.6 Å². The highest BCUT2D eigenvalue weighted by Gasteiger charge is 2.26. The van der Waals surface area contributed by atoms with Crippen molar-refractivity contribution in [2.24, 2.45) is 5.84 Å². The van der Waals surface area contributed by atoms with E-state index in [1.54, 1.807) is 6.92 Å². The third-order valence-electron chi connectivity index (χ3n) is 3.11. The smallest absolute Gasteiger partial charge is 0.247 e. The first kappa shape index (κ1) is 15.4. The summed E-state index contributed by atoms with van der Waals surface area (Å²) in [6.07, 6.45) is 2.79. The largest absolute Gasteiger partial charge is 0.323 e. The van der Waals surface area contributed by atoms with E-state index in [0.29, 0.717) is 18.8 Å². The number of rotatable bonds is 6. The number of anilines is 1. The minimum Gasteiger partial charge on any atom is -0.323 e. The standard InChI is InChI=1S/C14H18N4O2S/c1-2-18(11-12-6-4-3-5-7-12)21(19,20)14-10-16-9-8-13(14)17-15/h3-10H,2,11,15H2,1H3,(H,16,17). The van der Waals surface area contributed by atoms with Gasteiger partial charge in [0.25, 0.3) is 0 Å². The Morgan fingerprint density at radius 2 is 1.95 bits per heavy atom. The zero-order valence-corrected chi connectivity index (χ0v) is 12.5. The second kappa shape index (κ2) is 6.66. The molecule has 112 valence electrons. The molecular formula is C14H18N4O2S. The number of nitrogens with two attached hydrogens (primary N) is 1. The molecule has 2 rings (SSSR count). The monoisotopic (exact) mass is 306 g/mol. The molecule has 1 aromatic heterocycles. The zero-order chi connectivity index (χ0) is 15.3. The average molecular weight is 306 g/mol. The number of pyridine rings is 1. The van der Waals surface area contributed by atoms with Crippen LogP contribution in [0.3, 0.4) is 0 Å². The highest BCUT2D eigenvalue weighted by atomic mass is 32.2. The Balaban J connectivity index is 2.36. The van der Waals surface area contributed by atoms with Crippen LogP contribution in [-0.2, 0) is 16.6 Å². The fourth-order valence-electron chi connectivity index (χ4n) is 2.00. The van der Waals surface area contributed by atoms with Gasteiger partial charge >= 0.3 is 0 Å². The Morgan fingerprint density at radius 3 is 2.57 bits per heavy atom. The average Bonchev–Trinajstić information content (AvgIpc) is 2.53. The highest BCUT2D eigenvalue weighted by Crippen LogP contribution is 2.23. The summed E-state index contributed by atoms with van der Waals surface area (Å²) in [5.74, 6) is 5.38. The van der Waals surface area contributed by atoms with E-state index in [1.807, 2.05) is 30.3 Å². The van der Waals surface area contributed by atoms with Gasteiger partial charge in [0.1, 0.15) is 4.90 Å². The lowest BCUT2D eigenvalue weighted by molar-refractivity contribution is 0.423. The molecule has 21 heavy (non-hydrogen) atoms. The molecule has 0 atom stereocenters. The van der Waals surface area contributed by atoms with Crippen LogP contribution in [0.1, 0.15) is 12.5 Å². The maximum absolute atomic E-state index is 12.7. The first-order valence-electron chi connectivity index (χ1n) is 6.54. The fourth-order valence-corrected chi connectivity index (χ4v) is 3.53. The van der Waals surface area contributed by atoms with E-state index in [0.717, 1.165) is 5.56 Å². The van der Waals surface area contributed by atoms with Gasteiger partial charge < -0.3 is 5.43 Å². The summed E-state index contributed by atoms with van der Waals surface area (Å²) >= 11 is 0. The molecule has 0 spiro atoms. The summed E-state index contributed by atoms with van der Waals surface area (Å²) in [7, 11) is -3.66. The van der Waals surface area contributed by atoms with Crippen LogP contribution in [0.4, 0.5) is 5.69 Å². The Morgan fingerprint density at radius 1 is 1.24 bits per heavy atom. The van der Waals surface area contributed by atoms with Crippen molar-refractivity contribution in [3.8, 4) is 0 Å². The molecule has 0 aliphatic carbocycles. The van der Waals surface area contributed by atoms with Gasteiger partial charge in [0.15, 0.2) is 0 Å². The molecule has 0 saturated carbocycles. The Bertz CT molecular complexity index is 689. The van der Waals surface area contributed by atoms with Crippen molar-refractivity contribution in [2.45, 2.75) is 18.4 Å². The lowest BCUT2D eigenvalue weighted by atomic mass is 10.2. The van der Waals surface area contributed by atoms with Gasteiger partial charge in [-0.25, -0.2) is 8.42 Å². The van der Waals surface area contributed by atoms with E-state index in [9.17, 15) is 8.42 Å². The molecule has 2 aromatic rings. The van der Waals surface area contributed by atoms with Gasteiger partial charge in [0, 0.05) is 25.5 Å². The van der Waals surface area contributed by atoms with Crippen molar-refractivity contribution < 1.29 is 8.42 Å². The third-order valence-corrected chi connectivity index (χ3v) is 5.06. The summed E-state index contributed by atoms with van der Waals surface area (Å²) in [6, 6.07) is 11.0. The maximum Gasteiger partial charge on any atom is 0.247 e. The van der Waals surface area contributed by atoms with Crippen LogP contribution >= 0.6 is 0 Å². The molecule has 0 amide bonds. The molecule has 0 aliphatic rings. The molecule has 0 saturated heterocycles. The van der Waals surface area contributed by atoms with Gasteiger partial charge in [-0.3, -0.25) is 10.8 Å². The summed E-state index contributed by atoms with van der Waals surface area (Å²) < 4.78 is 26.9. The third kappa shape index (κ3) is 3.38. The Labute approximate surface area is 124 Å². The molecule has 0 bridgehead atoms. The number of nitrogens with one attached hydrogen (secondary N) is 1. The van der Waals surface area contributed by atoms with Crippen LogP contribution in [0, 0.1) is 0 Å². The van der Waals surface area contributed by atoms with E-state index in [4.69, 9.17) is 5.84 Å². The van der Waals surface area contributed by atoms with Gasteiger partial charge in [0.05, 0.1) is 5.69 Å². The number of hydrogen-bond acceptors (Lipinski definition) is 5. The fraction of sp³-hybridized carbons (Fsp3) is 0.214. The summed E-state index contributed by atoms with van der Waals surface area (Å²) in [5, 5.41) is 0. The minimum atomic E-state index is -3.66. The van der Waals surface area contributed by atoms with Crippen LogP contribution in [0.15, 0.2) is 53.7 Å². The van der Waals surface area contributed by atoms with Gasteiger partial charge in [-0.1, -0.05) is 37.3 Å². The van der Waals surface area contributed by atoms with Crippen LogP contribution in [0.2, 0.25) is 0 Å². The predicted molar refractivity (Wildman–Crippen MR) is 81.8 cm³/mol. The lowest BCUT2D eigenvalue weighted by Crippen LogP contribution is -2.31. The number of sulfonamides is 1. The van der Waals surface area contributed by atoms with Crippen LogP contribution in [0.25, 0.3) is 0 Å². The topological polar surface area (TPSA) is 88.3 Å². The van der Waals surface area contributed by atoms with E-state index in [1.165, 1.54) is 22.8 Å². The summed E-state index contributed by atoms with van der Waals surface area (Å²) in [4.78, 5) is 3.96. The van der Waals surface area contributed by atoms with Crippen LogP contribution in [0.5, 0.6) is 0 Å². The van der Waals surface area contributed by atoms with Gasteiger partial charge in [-0.15, -0.1) is 0 Å². The SMILES string of the molecule is CCN(Cc1ccccc1)S(=O)(=O)c1cnccc1NN. The van der Waals surface area contributed by atoms with Crippen LogP contribution < -0.4 is 11.3 Å². The van der Waals surface area contributed by atoms with E-state index < -0.39 is 10.0 Å². The first-order chi connectivity index (χ1) is 10.1. The number of aromatic nitrogens is 1. The molecule has 7 heteroatoms. The molecule has 3 N–H and O–H groups in total. The minimum absolute atomic E-state index is 0.0743. The summed E-state index contributed by atoms with van der Waals surface area (Å²) in [5.41, 5.74) is 3.65. The normalized spacial score (nSPS) is 11.6. The highest BCUT2D eigenvalue weighted by molar-refractivity contribution is 7.89. The number of benzene rings is 1. The van der Waals surface area contributed by atoms with Crippen LogP contribution in [-0.4, -0.2) is 24.3 Å². The second-order valence-electron chi connectivity index (χ2n) is 4.43. The number of hydrogen-bond donors (Lipinski definition) is 2. The predicted octanol–water partition coefficient (Wildman–Crippen LogP) is 1.58. The van der Waals surface area contributed by atoms with Crippen molar-refractivity contribution in [1.29, 1.82) is 0 Å². The summed E-state index contributed by atoms with van der Waals surface area (Å²) in [6.45, 7) is 2.46. The maximum atomic E-state index is 12.7. The molecule has 1 heterocycles.